The molecule has 0 aromatic rings. The molecule has 0 aliphatic rings. The predicted molar refractivity (Wildman–Crippen MR) is 22.5 cm³/mol. The van der Waals surface area contributed by atoms with Crippen molar-refractivity contribution in [1.82, 2.24) is 0 Å². The molecule has 0 unspecified atom stereocenters. The highest BCUT2D eigenvalue weighted by Gasteiger charge is 1.92. The molecular weight excluding hydrogens is 82.0 g/mol. The van der Waals surface area contributed by atoms with Crippen LogP contribution in [-0.4, -0.2) is 26.0 Å². The average Bonchev–Trinajstić information content (AvgIpc) is 1.35. The van der Waals surface area contributed by atoms with Crippen molar-refractivity contribution in [2.45, 2.75) is 0 Å². The van der Waals surface area contributed by atoms with Crippen LogP contribution < -0.4 is 0 Å². The summed E-state index contributed by atoms with van der Waals surface area (Å²) in [5, 5.41) is 10.2. The summed E-state index contributed by atoms with van der Waals surface area (Å²) in [6.07, 6.45) is 0. The lowest BCUT2D eigenvalue weighted by Gasteiger charge is -2.27. The molecule has 0 heterocycles. The van der Waals surface area contributed by atoms with E-state index in [-0.39, 0.29) is 0 Å². The van der Waals surface area contributed by atoms with E-state index >= 15 is 0 Å². The van der Waals surface area contributed by atoms with Crippen molar-refractivity contribution in [2.24, 2.45) is 0 Å². The Balaban J connectivity index is 3.17. The van der Waals surface area contributed by atoms with Gasteiger partial charge in [-0.15, -0.1) is 0 Å². The standard InChI is InChI=1S/C3H9NO2/c1-4(2,5)6-3/h1-3H3. The van der Waals surface area contributed by atoms with Gasteiger partial charge in [0.1, 0.15) is 0 Å². The zero-order chi connectivity index (χ0) is 5.21. The summed E-state index contributed by atoms with van der Waals surface area (Å²) in [4.78, 5) is 3.64. The maximum Gasteiger partial charge on any atom is 0.0979 e. The molecule has 0 fully saturated rings. The minimum absolute atomic E-state index is 0.681. The quantitative estimate of drug-likeness (QED) is 0.339. The monoisotopic (exact) mass is 91.1 g/mol. The lowest BCUT2D eigenvalue weighted by Crippen LogP contribution is -2.29. The molecule has 0 saturated carbocycles. The molecule has 6 heavy (non-hydrogen) atoms. The third-order valence-electron chi connectivity index (χ3n) is 0.440. The number of quaternary nitrogens is 1. The Hall–Kier alpha value is -0.120. The molecule has 0 N–H and O–H groups in total. The van der Waals surface area contributed by atoms with Crippen LogP contribution in [0.5, 0.6) is 0 Å². The van der Waals surface area contributed by atoms with Gasteiger partial charge in [0, 0.05) is 0 Å². The van der Waals surface area contributed by atoms with Gasteiger partial charge in [-0.1, -0.05) is 0 Å². The molecule has 0 aromatic heterocycles. The topological polar surface area (TPSA) is 32.3 Å². The second-order valence-electron chi connectivity index (χ2n) is 1.43. The molecule has 0 amide bonds. The molecular formula is C3H9NO2. The van der Waals surface area contributed by atoms with Crippen LogP contribution in [0.25, 0.3) is 0 Å². The first-order chi connectivity index (χ1) is 2.56. The fourth-order valence-corrected chi connectivity index (χ4v) is 0. The van der Waals surface area contributed by atoms with Gasteiger partial charge < -0.3 is 5.21 Å². The van der Waals surface area contributed by atoms with E-state index in [1.165, 1.54) is 21.2 Å². The number of rotatable bonds is 1. The van der Waals surface area contributed by atoms with Crippen molar-refractivity contribution in [3.05, 3.63) is 5.21 Å². The smallest absolute Gasteiger partial charge is 0.0979 e. The Kier molecular flexibility index (Phi) is 1.52. The van der Waals surface area contributed by atoms with Crippen LogP contribution in [0.15, 0.2) is 0 Å². The minimum atomic E-state index is -0.681. The van der Waals surface area contributed by atoms with Gasteiger partial charge in [0.15, 0.2) is 0 Å². The van der Waals surface area contributed by atoms with Gasteiger partial charge in [-0.3, -0.25) is 0 Å². The van der Waals surface area contributed by atoms with Crippen molar-refractivity contribution < 1.29 is 9.65 Å². The molecule has 38 valence electrons. The van der Waals surface area contributed by atoms with Crippen LogP contribution in [0.3, 0.4) is 0 Å². The Morgan fingerprint density at radius 3 is 1.67 bits per heavy atom. The average molecular weight is 91.1 g/mol. The van der Waals surface area contributed by atoms with E-state index in [0.29, 0.717) is 0 Å². The summed E-state index contributed by atoms with van der Waals surface area (Å²) in [6, 6.07) is 0. The zero-order valence-electron chi connectivity index (χ0n) is 4.26. The number of hydrogen-bond donors (Lipinski definition) is 0. The molecule has 0 spiro atoms. The first kappa shape index (κ1) is 5.88. The van der Waals surface area contributed by atoms with E-state index in [4.69, 9.17) is 0 Å². The Labute approximate surface area is 37.3 Å². The van der Waals surface area contributed by atoms with Crippen LogP contribution in [0.2, 0.25) is 0 Å². The van der Waals surface area contributed by atoms with Gasteiger partial charge in [-0.05, 0) is 0 Å². The van der Waals surface area contributed by atoms with Gasteiger partial charge in [0.25, 0.3) is 0 Å². The van der Waals surface area contributed by atoms with Crippen molar-refractivity contribution in [3.63, 3.8) is 0 Å². The molecule has 3 heteroatoms. The normalized spacial score (nSPS) is 12.0. The second kappa shape index (κ2) is 1.55. The van der Waals surface area contributed by atoms with Crippen molar-refractivity contribution in [3.8, 4) is 0 Å². The summed E-state index contributed by atoms with van der Waals surface area (Å²) in [5.41, 5.74) is 0. The van der Waals surface area contributed by atoms with Crippen molar-refractivity contribution in [1.29, 1.82) is 0 Å². The van der Waals surface area contributed by atoms with Gasteiger partial charge in [-0.2, -0.15) is 0 Å². The summed E-state index contributed by atoms with van der Waals surface area (Å²) >= 11 is 0. The largest absolute Gasteiger partial charge is 0.599 e. The Morgan fingerprint density at radius 2 is 1.67 bits per heavy atom. The number of nitrogens with zero attached hydrogens (tertiary/aromatic N) is 1. The molecule has 0 bridgehead atoms. The molecule has 0 rings (SSSR count). The highest BCUT2D eigenvalue weighted by molar-refractivity contribution is 3.99. The van der Waals surface area contributed by atoms with Crippen LogP contribution in [0.1, 0.15) is 0 Å². The fourth-order valence-electron chi connectivity index (χ4n) is 0. The number of hydroxylamine groups is 4. The highest BCUT2D eigenvalue weighted by Crippen LogP contribution is 1.87. The Bertz CT molecular complexity index is 38.5. The number of hydrogen-bond acceptors (Lipinski definition) is 2. The molecule has 0 atom stereocenters. The van der Waals surface area contributed by atoms with E-state index in [0.717, 1.165) is 0 Å². The SMILES string of the molecule is CO[N+](C)(C)[O-]. The van der Waals surface area contributed by atoms with E-state index in [2.05, 4.69) is 4.84 Å². The maximum atomic E-state index is 10.2. The highest BCUT2D eigenvalue weighted by atomic mass is 16.9. The summed E-state index contributed by atoms with van der Waals surface area (Å²) in [7, 11) is 4.17. The molecule has 0 aliphatic carbocycles. The molecule has 3 nitrogen and oxygen atoms in total. The molecule has 0 aromatic carbocycles. The van der Waals surface area contributed by atoms with Crippen molar-refractivity contribution >= 4 is 0 Å². The van der Waals surface area contributed by atoms with Crippen LogP contribution in [0.4, 0.5) is 0 Å². The Morgan fingerprint density at radius 1 is 1.50 bits per heavy atom. The third kappa shape index (κ3) is 3.88. The minimum Gasteiger partial charge on any atom is -0.599 e. The molecule has 0 aliphatic heterocycles. The predicted octanol–water partition coefficient (Wildman–Crippen LogP) is 0.122. The first-order valence-electron chi connectivity index (χ1n) is 1.67. The van der Waals surface area contributed by atoms with Gasteiger partial charge in [-0.25, -0.2) is 9.65 Å². The second-order valence-corrected chi connectivity index (χ2v) is 1.43. The van der Waals surface area contributed by atoms with Gasteiger partial charge in [0.2, 0.25) is 0 Å². The maximum absolute atomic E-state index is 10.2. The van der Waals surface area contributed by atoms with Crippen LogP contribution in [-0.2, 0) is 4.84 Å². The van der Waals surface area contributed by atoms with Crippen LogP contribution >= 0.6 is 0 Å². The van der Waals surface area contributed by atoms with E-state index in [1.54, 1.807) is 0 Å². The third-order valence-corrected chi connectivity index (χ3v) is 0.440. The van der Waals surface area contributed by atoms with E-state index in [9.17, 15) is 5.21 Å². The van der Waals surface area contributed by atoms with E-state index < -0.39 is 4.81 Å². The van der Waals surface area contributed by atoms with Gasteiger partial charge in [0.05, 0.1) is 21.2 Å². The molecule has 0 radical (unpaired) electrons. The lowest BCUT2D eigenvalue weighted by atomic mass is 11.2. The fraction of sp³-hybridized carbons (Fsp3) is 1.00. The van der Waals surface area contributed by atoms with Crippen molar-refractivity contribution in [2.75, 3.05) is 21.2 Å². The summed E-state index contributed by atoms with van der Waals surface area (Å²) < 4.78 is 0. The molecule has 0 saturated heterocycles. The first-order valence-corrected chi connectivity index (χ1v) is 1.67. The zero-order valence-corrected chi connectivity index (χ0v) is 4.26. The van der Waals surface area contributed by atoms with E-state index in [1.807, 2.05) is 0 Å². The summed E-state index contributed by atoms with van der Waals surface area (Å²) in [6.45, 7) is 0. The lowest BCUT2D eigenvalue weighted by molar-refractivity contribution is -1.03. The van der Waals surface area contributed by atoms with Gasteiger partial charge >= 0.3 is 0 Å². The van der Waals surface area contributed by atoms with Crippen LogP contribution in [0, 0.1) is 5.21 Å². The summed E-state index contributed by atoms with van der Waals surface area (Å²) in [5.74, 6) is 0.